The van der Waals surface area contributed by atoms with Gasteiger partial charge >= 0.3 is 0 Å². The Bertz CT molecular complexity index is 419. The van der Waals surface area contributed by atoms with Crippen LogP contribution >= 0.6 is 0 Å². The van der Waals surface area contributed by atoms with Gasteiger partial charge in [-0.3, -0.25) is 10.1 Å². The number of nitrogens with two attached hydrogens (primary N) is 1. The van der Waals surface area contributed by atoms with Crippen LogP contribution in [0, 0.1) is 10.1 Å². The highest BCUT2D eigenvalue weighted by molar-refractivity contribution is 5.69. The molecule has 1 aromatic rings. The highest BCUT2D eigenvalue weighted by atomic mass is 16.6. The first-order valence-electron chi connectivity index (χ1n) is 6.58. The number of nitro groups is 1. The number of nitro benzene ring substituents is 1. The molecule has 0 bridgehead atoms. The van der Waals surface area contributed by atoms with Gasteiger partial charge in [0.1, 0.15) is 0 Å². The molecule has 0 heterocycles. The smallest absolute Gasteiger partial charge is 0.271 e. The van der Waals surface area contributed by atoms with Gasteiger partial charge in [-0.1, -0.05) is 13.8 Å². The molecule has 0 radical (unpaired) electrons. The number of rotatable bonds is 8. The molecule has 0 unspecified atom stereocenters. The fraction of sp³-hybridized carbons (Fsp3) is 0.538. The molecule has 0 aliphatic heterocycles. The van der Waals surface area contributed by atoms with E-state index in [0.29, 0.717) is 5.69 Å². The summed E-state index contributed by atoms with van der Waals surface area (Å²) in [7, 11) is 0. The first-order chi connectivity index (χ1) is 9.08. The quantitative estimate of drug-likeness (QED) is 0.326. The predicted molar refractivity (Wildman–Crippen MR) is 78.4 cm³/mol. The lowest BCUT2D eigenvalue weighted by Crippen LogP contribution is -2.25. The van der Waals surface area contributed by atoms with Gasteiger partial charge in [0, 0.05) is 18.7 Å². The first kappa shape index (κ1) is 15.2. The normalized spacial score (nSPS) is 10.7. The minimum atomic E-state index is -0.444. The van der Waals surface area contributed by atoms with Crippen molar-refractivity contribution in [3.8, 4) is 0 Å². The maximum Gasteiger partial charge on any atom is 0.271 e. The van der Waals surface area contributed by atoms with E-state index in [1.54, 1.807) is 6.07 Å². The van der Waals surface area contributed by atoms with E-state index in [2.05, 4.69) is 24.1 Å². The lowest BCUT2D eigenvalue weighted by Gasteiger charge is -2.18. The molecule has 0 saturated heterocycles. The van der Waals surface area contributed by atoms with Crippen LogP contribution in [0.4, 0.5) is 17.1 Å². The van der Waals surface area contributed by atoms with Crippen molar-refractivity contribution in [3.63, 3.8) is 0 Å². The fourth-order valence-electron chi connectivity index (χ4n) is 1.89. The van der Waals surface area contributed by atoms with Crippen molar-refractivity contribution in [1.82, 2.24) is 4.90 Å². The van der Waals surface area contributed by atoms with E-state index in [-0.39, 0.29) is 5.69 Å². The van der Waals surface area contributed by atoms with Crippen LogP contribution in [-0.4, -0.2) is 36.0 Å². The summed E-state index contributed by atoms with van der Waals surface area (Å²) in [5.74, 6) is 0. The summed E-state index contributed by atoms with van der Waals surface area (Å²) in [6.07, 6.45) is 1.01. The Labute approximate surface area is 113 Å². The van der Waals surface area contributed by atoms with Crippen molar-refractivity contribution in [1.29, 1.82) is 0 Å². The minimum Gasteiger partial charge on any atom is -0.397 e. The summed E-state index contributed by atoms with van der Waals surface area (Å²) < 4.78 is 0. The average Bonchev–Trinajstić information content (AvgIpc) is 2.40. The van der Waals surface area contributed by atoms with Crippen LogP contribution in [0.15, 0.2) is 18.2 Å². The molecule has 19 heavy (non-hydrogen) atoms. The SMILES string of the molecule is CCN(CC)CCCNc1ccc([N+](=O)[O-])cc1N. The Morgan fingerprint density at radius 2 is 2.05 bits per heavy atom. The van der Waals surface area contributed by atoms with E-state index in [1.807, 2.05) is 0 Å². The Morgan fingerprint density at radius 3 is 2.58 bits per heavy atom. The van der Waals surface area contributed by atoms with Crippen LogP contribution in [0.5, 0.6) is 0 Å². The molecule has 0 aliphatic carbocycles. The average molecular weight is 266 g/mol. The van der Waals surface area contributed by atoms with Gasteiger partial charge in [0.05, 0.1) is 16.3 Å². The third-order valence-corrected chi connectivity index (χ3v) is 3.11. The summed E-state index contributed by atoms with van der Waals surface area (Å²) in [4.78, 5) is 12.5. The first-order valence-corrected chi connectivity index (χ1v) is 6.58. The highest BCUT2D eigenvalue weighted by Gasteiger charge is 2.08. The zero-order valence-electron chi connectivity index (χ0n) is 11.6. The van der Waals surface area contributed by atoms with Crippen molar-refractivity contribution in [3.05, 3.63) is 28.3 Å². The summed E-state index contributed by atoms with van der Waals surface area (Å²) in [6.45, 7) is 8.23. The molecule has 0 fully saturated rings. The summed E-state index contributed by atoms with van der Waals surface area (Å²) >= 11 is 0. The largest absolute Gasteiger partial charge is 0.397 e. The van der Waals surface area contributed by atoms with Crippen LogP contribution < -0.4 is 11.1 Å². The van der Waals surface area contributed by atoms with Crippen molar-refractivity contribution in [2.45, 2.75) is 20.3 Å². The zero-order chi connectivity index (χ0) is 14.3. The van der Waals surface area contributed by atoms with Crippen molar-refractivity contribution in [2.75, 3.05) is 37.2 Å². The standard InChI is InChI=1S/C13H22N4O2/c1-3-16(4-2)9-5-8-15-13-7-6-11(17(18)19)10-12(13)14/h6-7,10,15H,3-5,8-9,14H2,1-2H3. The van der Waals surface area contributed by atoms with Crippen LogP contribution in [-0.2, 0) is 0 Å². The molecule has 0 saturated carbocycles. The number of anilines is 2. The molecule has 0 spiro atoms. The molecular weight excluding hydrogens is 244 g/mol. The van der Waals surface area contributed by atoms with Gasteiger partial charge < -0.3 is 16.0 Å². The number of hydrogen-bond donors (Lipinski definition) is 2. The van der Waals surface area contributed by atoms with Crippen molar-refractivity contribution < 1.29 is 4.92 Å². The van der Waals surface area contributed by atoms with E-state index in [9.17, 15) is 10.1 Å². The molecule has 6 nitrogen and oxygen atoms in total. The van der Waals surface area contributed by atoms with Crippen LogP contribution in [0.3, 0.4) is 0 Å². The molecule has 106 valence electrons. The van der Waals surface area contributed by atoms with E-state index in [0.717, 1.165) is 38.3 Å². The molecule has 0 amide bonds. The molecule has 0 aromatic heterocycles. The Morgan fingerprint density at radius 1 is 1.37 bits per heavy atom. The number of non-ortho nitro benzene ring substituents is 1. The second-order valence-corrected chi connectivity index (χ2v) is 4.34. The Kier molecular flexibility index (Phi) is 6.08. The molecule has 3 N–H and O–H groups in total. The third kappa shape index (κ3) is 4.75. The van der Waals surface area contributed by atoms with Gasteiger partial charge in [0.2, 0.25) is 0 Å². The maximum absolute atomic E-state index is 10.6. The predicted octanol–water partition coefficient (Wildman–Crippen LogP) is 2.32. The van der Waals surface area contributed by atoms with E-state index in [4.69, 9.17) is 5.73 Å². The summed E-state index contributed by atoms with van der Waals surface area (Å²) in [5, 5.41) is 13.8. The molecule has 1 aromatic carbocycles. The topological polar surface area (TPSA) is 84.4 Å². The van der Waals surface area contributed by atoms with E-state index in [1.165, 1.54) is 12.1 Å². The highest BCUT2D eigenvalue weighted by Crippen LogP contribution is 2.23. The molecule has 0 atom stereocenters. The Balaban J connectivity index is 2.43. The van der Waals surface area contributed by atoms with Crippen LogP contribution in [0.25, 0.3) is 0 Å². The summed E-state index contributed by atoms with van der Waals surface area (Å²) in [6, 6.07) is 4.50. The van der Waals surface area contributed by atoms with Crippen LogP contribution in [0.2, 0.25) is 0 Å². The monoisotopic (exact) mass is 266 g/mol. The molecule has 1 rings (SSSR count). The van der Waals surface area contributed by atoms with Gasteiger partial charge in [-0.05, 0) is 32.1 Å². The second kappa shape index (κ2) is 7.58. The maximum atomic E-state index is 10.6. The zero-order valence-corrected chi connectivity index (χ0v) is 11.6. The van der Waals surface area contributed by atoms with Gasteiger partial charge in [0.15, 0.2) is 0 Å². The van der Waals surface area contributed by atoms with E-state index >= 15 is 0 Å². The number of nitrogens with zero attached hydrogens (tertiary/aromatic N) is 2. The van der Waals surface area contributed by atoms with Crippen molar-refractivity contribution >= 4 is 17.1 Å². The summed E-state index contributed by atoms with van der Waals surface area (Å²) in [5.41, 5.74) is 6.96. The van der Waals surface area contributed by atoms with Crippen LogP contribution in [0.1, 0.15) is 20.3 Å². The minimum absolute atomic E-state index is 0.0196. The number of nitrogens with one attached hydrogen (secondary N) is 1. The van der Waals surface area contributed by atoms with Gasteiger partial charge in [-0.2, -0.15) is 0 Å². The van der Waals surface area contributed by atoms with Gasteiger partial charge in [-0.15, -0.1) is 0 Å². The van der Waals surface area contributed by atoms with Gasteiger partial charge in [0.25, 0.3) is 5.69 Å². The van der Waals surface area contributed by atoms with E-state index < -0.39 is 4.92 Å². The Hall–Kier alpha value is -1.82. The number of nitrogen functional groups attached to an aromatic ring is 1. The molecule has 0 aliphatic rings. The second-order valence-electron chi connectivity index (χ2n) is 4.34. The van der Waals surface area contributed by atoms with Gasteiger partial charge in [-0.25, -0.2) is 0 Å². The number of hydrogen-bond acceptors (Lipinski definition) is 5. The fourth-order valence-corrected chi connectivity index (χ4v) is 1.89. The molecular formula is C13H22N4O2. The van der Waals surface area contributed by atoms with Crippen molar-refractivity contribution in [2.24, 2.45) is 0 Å². The lowest BCUT2D eigenvalue weighted by atomic mass is 10.2. The third-order valence-electron chi connectivity index (χ3n) is 3.11. The lowest BCUT2D eigenvalue weighted by molar-refractivity contribution is -0.384. The number of benzene rings is 1. The molecule has 6 heteroatoms.